The number of nitrogens with zero attached hydrogens (tertiary/aromatic N) is 1. The molecule has 0 spiro atoms. The Hall–Kier alpha value is -2.75. The van der Waals surface area contributed by atoms with Crippen LogP contribution in [0.1, 0.15) is 24.4 Å². The molecule has 1 aliphatic rings. The van der Waals surface area contributed by atoms with Crippen LogP contribution in [-0.4, -0.2) is 55.9 Å². The number of rotatable bonds is 8. The predicted octanol–water partition coefficient (Wildman–Crippen LogP) is 1.05. The molecular weight excluding hydrogens is 418 g/mol. The van der Waals surface area contributed by atoms with E-state index >= 15 is 0 Å². The summed E-state index contributed by atoms with van der Waals surface area (Å²) in [6, 6.07) is 16.6. The molecule has 1 saturated heterocycles. The number of amides is 2. The second kappa shape index (κ2) is 10.5. The Morgan fingerprint density at radius 2 is 1.71 bits per heavy atom. The summed E-state index contributed by atoms with van der Waals surface area (Å²) in [5, 5.41) is 14.8. The van der Waals surface area contributed by atoms with E-state index in [0.717, 1.165) is 5.56 Å². The van der Waals surface area contributed by atoms with Crippen molar-refractivity contribution in [3.63, 3.8) is 0 Å². The topological polar surface area (TPSA) is 116 Å². The second-order valence-electron chi connectivity index (χ2n) is 7.45. The molecule has 2 atom stereocenters. The van der Waals surface area contributed by atoms with Crippen molar-refractivity contribution in [2.75, 3.05) is 26.2 Å². The van der Waals surface area contributed by atoms with Gasteiger partial charge in [-0.15, -0.1) is 0 Å². The van der Waals surface area contributed by atoms with Crippen molar-refractivity contribution in [2.24, 2.45) is 5.92 Å². The molecule has 0 aromatic heterocycles. The average Bonchev–Trinajstić information content (AvgIpc) is 2.82. The Morgan fingerprint density at radius 1 is 1.06 bits per heavy atom. The van der Waals surface area contributed by atoms with Crippen molar-refractivity contribution < 1.29 is 23.1 Å². The van der Waals surface area contributed by atoms with Gasteiger partial charge in [0.1, 0.15) is 0 Å². The van der Waals surface area contributed by atoms with Crippen LogP contribution in [0.2, 0.25) is 0 Å². The Labute approximate surface area is 182 Å². The zero-order valence-corrected chi connectivity index (χ0v) is 17.9. The maximum Gasteiger partial charge on any atom is 0.243 e. The van der Waals surface area contributed by atoms with Crippen molar-refractivity contribution in [1.29, 1.82) is 0 Å². The zero-order chi connectivity index (χ0) is 22.3. The quantitative estimate of drug-likeness (QED) is 0.562. The molecule has 0 radical (unpaired) electrons. The van der Waals surface area contributed by atoms with E-state index in [1.165, 1.54) is 16.4 Å². The first kappa shape index (κ1) is 22.9. The molecule has 1 fully saturated rings. The van der Waals surface area contributed by atoms with Gasteiger partial charge in [0.25, 0.3) is 0 Å². The van der Waals surface area contributed by atoms with Gasteiger partial charge in [0.2, 0.25) is 21.8 Å². The zero-order valence-electron chi connectivity index (χ0n) is 17.1. The van der Waals surface area contributed by atoms with E-state index in [1.807, 2.05) is 18.2 Å². The maximum atomic E-state index is 12.8. The monoisotopic (exact) mass is 445 g/mol. The molecule has 3 N–H and O–H groups in total. The molecule has 2 aromatic carbocycles. The summed E-state index contributed by atoms with van der Waals surface area (Å²) in [4.78, 5) is 25.0. The second-order valence-corrected chi connectivity index (χ2v) is 9.38. The van der Waals surface area contributed by atoms with Gasteiger partial charge in [-0.3, -0.25) is 9.59 Å². The van der Waals surface area contributed by atoms with Crippen molar-refractivity contribution in [2.45, 2.75) is 23.8 Å². The highest BCUT2D eigenvalue weighted by molar-refractivity contribution is 7.89. The summed E-state index contributed by atoms with van der Waals surface area (Å²) >= 11 is 0. The van der Waals surface area contributed by atoms with Crippen LogP contribution in [0.3, 0.4) is 0 Å². The number of sulfonamides is 1. The minimum Gasteiger partial charge on any atom is -0.394 e. The van der Waals surface area contributed by atoms with Gasteiger partial charge in [-0.05, 0) is 30.5 Å². The Kier molecular flexibility index (Phi) is 7.78. The van der Waals surface area contributed by atoms with Crippen molar-refractivity contribution in [3.05, 3.63) is 66.2 Å². The number of carbonyl (C=O) groups excluding carboxylic acids is 2. The number of aliphatic hydroxyl groups excluding tert-OH is 1. The highest BCUT2D eigenvalue weighted by atomic mass is 32.2. The van der Waals surface area contributed by atoms with Gasteiger partial charge in [0.05, 0.1) is 30.0 Å². The first-order chi connectivity index (χ1) is 14.9. The Morgan fingerprint density at radius 3 is 2.35 bits per heavy atom. The van der Waals surface area contributed by atoms with E-state index in [2.05, 4.69) is 10.6 Å². The standard InChI is InChI=1S/C22H27N3O5S/c26-16-20(17-8-3-1-4-9-17)24-21(27)14-23-22(28)18-10-7-13-25(15-18)31(29,30)19-11-5-2-6-12-19/h1-6,8-9,11-12,18,20,26H,7,10,13-16H2,(H,23,28)(H,24,27). The van der Waals surface area contributed by atoms with Gasteiger partial charge in [0.15, 0.2) is 0 Å². The summed E-state index contributed by atoms with van der Waals surface area (Å²) in [7, 11) is -3.66. The molecule has 8 nitrogen and oxygen atoms in total. The van der Waals surface area contributed by atoms with Crippen molar-refractivity contribution in [1.82, 2.24) is 14.9 Å². The number of aliphatic hydroxyl groups is 1. The molecule has 166 valence electrons. The largest absolute Gasteiger partial charge is 0.394 e. The van der Waals surface area contributed by atoms with Gasteiger partial charge in [0, 0.05) is 13.1 Å². The minimum absolute atomic E-state index is 0.0773. The lowest BCUT2D eigenvalue weighted by Gasteiger charge is -2.31. The molecule has 0 aliphatic carbocycles. The number of carbonyl (C=O) groups is 2. The normalized spacial score (nSPS) is 18.2. The summed E-state index contributed by atoms with van der Waals surface area (Å²) in [5.41, 5.74) is 0.763. The van der Waals surface area contributed by atoms with E-state index in [4.69, 9.17) is 0 Å². The van der Waals surface area contributed by atoms with Crippen LogP contribution in [0.15, 0.2) is 65.6 Å². The number of piperidine rings is 1. The van der Waals surface area contributed by atoms with Gasteiger partial charge < -0.3 is 15.7 Å². The summed E-state index contributed by atoms with van der Waals surface area (Å²) in [5.74, 6) is -1.31. The lowest BCUT2D eigenvalue weighted by Crippen LogP contribution is -2.47. The van der Waals surface area contributed by atoms with Crippen LogP contribution >= 0.6 is 0 Å². The lowest BCUT2D eigenvalue weighted by atomic mass is 9.99. The SMILES string of the molecule is O=C(CNC(=O)C1CCCN(S(=O)(=O)c2ccccc2)C1)NC(CO)c1ccccc1. The van der Waals surface area contributed by atoms with Crippen molar-refractivity contribution in [3.8, 4) is 0 Å². The smallest absolute Gasteiger partial charge is 0.243 e. The number of hydrogen-bond donors (Lipinski definition) is 3. The molecule has 9 heteroatoms. The van der Waals surface area contributed by atoms with Gasteiger partial charge in [-0.25, -0.2) is 8.42 Å². The number of nitrogens with one attached hydrogen (secondary N) is 2. The molecule has 1 heterocycles. The van der Waals surface area contributed by atoms with Gasteiger partial charge in [-0.2, -0.15) is 4.31 Å². The highest BCUT2D eigenvalue weighted by Crippen LogP contribution is 2.23. The van der Waals surface area contributed by atoms with Gasteiger partial charge in [-0.1, -0.05) is 48.5 Å². The third-order valence-corrected chi connectivity index (χ3v) is 7.16. The first-order valence-corrected chi connectivity index (χ1v) is 11.6. The fraction of sp³-hybridized carbons (Fsp3) is 0.364. The molecule has 2 unspecified atom stereocenters. The molecule has 0 saturated carbocycles. The van der Waals surface area contributed by atoms with E-state index in [1.54, 1.807) is 30.3 Å². The van der Waals surface area contributed by atoms with Crippen LogP contribution in [0, 0.1) is 5.92 Å². The summed E-state index contributed by atoms with van der Waals surface area (Å²) in [6.45, 7) is -0.0760. The third kappa shape index (κ3) is 5.90. The van der Waals surface area contributed by atoms with E-state index < -0.39 is 27.9 Å². The number of benzene rings is 2. The van der Waals surface area contributed by atoms with Crippen LogP contribution in [0.5, 0.6) is 0 Å². The third-order valence-electron chi connectivity index (χ3n) is 5.28. The summed E-state index contributed by atoms with van der Waals surface area (Å²) in [6.07, 6.45) is 1.12. The maximum absolute atomic E-state index is 12.8. The fourth-order valence-electron chi connectivity index (χ4n) is 3.59. The average molecular weight is 446 g/mol. The van der Waals surface area contributed by atoms with E-state index in [0.29, 0.717) is 19.4 Å². The van der Waals surface area contributed by atoms with Crippen LogP contribution in [0.4, 0.5) is 0 Å². The van der Waals surface area contributed by atoms with Crippen LogP contribution in [0.25, 0.3) is 0 Å². The molecule has 3 rings (SSSR count). The van der Waals surface area contributed by atoms with E-state index in [-0.39, 0.29) is 30.5 Å². The van der Waals surface area contributed by atoms with Gasteiger partial charge >= 0.3 is 0 Å². The Bertz CT molecular complexity index is 983. The first-order valence-electron chi connectivity index (χ1n) is 10.2. The highest BCUT2D eigenvalue weighted by Gasteiger charge is 2.33. The molecule has 0 bridgehead atoms. The molecule has 31 heavy (non-hydrogen) atoms. The summed E-state index contributed by atoms with van der Waals surface area (Å²) < 4.78 is 27.0. The minimum atomic E-state index is -3.66. The molecule has 2 amide bonds. The van der Waals surface area contributed by atoms with E-state index in [9.17, 15) is 23.1 Å². The van der Waals surface area contributed by atoms with Crippen LogP contribution < -0.4 is 10.6 Å². The predicted molar refractivity (Wildman–Crippen MR) is 115 cm³/mol. The molecular formula is C22H27N3O5S. The van der Waals surface area contributed by atoms with Crippen molar-refractivity contribution >= 4 is 21.8 Å². The Balaban J connectivity index is 1.54. The molecule has 1 aliphatic heterocycles. The molecule has 2 aromatic rings. The fourth-order valence-corrected chi connectivity index (χ4v) is 5.14. The van der Waals surface area contributed by atoms with Crippen LogP contribution in [-0.2, 0) is 19.6 Å². The number of hydrogen-bond acceptors (Lipinski definition) is 5. The lowest BCUT2D eigenvalue weighted by molar-refractivity contribution is -0.129.